The molecule has 3 heterocycles. The Morgan fingerprint density at radius 1 is 1.24 bits per heavy atom. The van der Waals surface area contributed by atoms with Crippen LogP contribution in [0.2, 0.25) is 0 Å². The van der Waals surface area contributed by atoms with E-state index in [9.17, 15) is 9.59 Å². The monoisotopic (exact) mass is 347 g/mol. The van der Waals surface area contributed by atoms with Crippen LogP contribution in [-0.2, 0) is 15.9 Å². The zero-order valence-corrected chi connectivity index (χ0v) is 15.4. The number of nitrogens with zero attached hydrogens (tertiary/aromatic N) is 3. The van der Waals surface area contributed by atoms with Gasteiger partial charge in [-0.25, -0.2) is 14.6 Å². The first-order chi connectivity index (χ1) is 11.7. The normalized spacial score (nSPS) is 22.3. The fourth-order valence-electron chi connectivity index (χ4n) is 3.54. The van der Waals surface area contributed by atoms with Gasteiger partial charge in [0.1, 0.15) is 11.4 Å². The molecule has 0 saturated carbocycles. The van der Waals surface area contributed by atoms with E-state index < -0.39 is 11.6 Å². The minimum Gasteiger partial charge on any atom is -0.464 e. The summed E-state index contributed by atoms with van der Waals surface area (Å²) in [4.78, 5) is 32.7. The fourth-order valence-corrected chi connectivity index (χ4v) is 3.54. The first-order valence-corrected chi connectivity index (χ1v) is 8.54. The summed E-state index contributed by atoms with van der Waals surface area (Å²) in [6.07, 6.45) is 0.520. The maximum absolute atomic E-state index is 12.4. The predicted octanol–water partition coefficient (Wildman–Crippen LogP) is 2.24. The number of carbonyl (C=O) groups is 2. The predicted molar refractivity (Wildman–Crippen MR) is 92.8 cm³/mol. The summed E-state index contributed by atoms with van der Waals surface area (Å²) in [7, 11) is 1.35. The highest BCUT2D eigenvalue weighted by Crippen LogP contribution is 2.35. The molecule has 2 atom stereocenters. The number of amides is 1. The van der Waals surface area contributed by atoms with Crippen molar-refractivity contribution < 1.29 is 19.1 Å². The maximum atomic E-state index is 12.4. The van der Waals surface area contributed by atoms with Crippen LogP contribution in [0.1, 0.15) is 43.7 Å². The first kappa shape index (κ1) is 17.5. The number of pyridine rings is 1. The lowest BCUT2D eigenvalue weighted by molar-refractivity contribution is 0.0191. The Kier molecular flexibility index (Phi) is 4.34. The van der Waals surface area contributed by atoms with Gasteiger partial charge in [0.2, 0.25) is 0 Å². The molecular weight excluding hydrogens is 322 g/mol. The first-order valence-electron chi connectivity index (χ1n) is 8.54. The molecule has 1 aromatic heterocycles. The molecule has 25 heavy (non-hydrogen) atoms. The second-order valence-corrected chi connectivity index (χ2v) is 7.67. The van der Waals surface area contributed by atoms with Crippen molar-refractivity contribution >= 4 is 17.9 Å². The van der Waals surface area contributed by atoms with Crippen LogP contribution < -0.4 is 4.90 Å². The van der Waals surface area contributed by atoms with Gasteiger partial charge in [0.25, 0.3) is 0 Å². The van der Waals surface area contributed by atoms with E-state index in [2.05, 4.69) is 16.8 Å². The Hall–Kier alpha value is -2.31. The van der Waals surface area contributed by atoms with Crippen molar-refractivity contribution in [2.75, 3.05) is 25.1 Å². The number of hydrogen-bond donors (Lipinski definition) is 0. The summed E-state index contributed by atoms with van der Waals surface area (Å²) >= 11 is 0. The summed E-state index contributed by atoms with van der Waals surface area (Å²) in [5.74, 6) is 0.385. The van der Waals surface area contributed by atoms with E-state index in [0.717, 1.165) is 17.8 Å². The van der Waals surface area contributed by atoms with Crippen molar-refractivity contribution in [1.29, 1.82) is 0 Å². The smallest absolute Gasteiger partial charge is 0.410 e. The molecule has 1 aromatic rings. The second kappa shape index (κ2) is 6.20. The zero-order chi connectivity index (χ0) is 18.4. The molecule has 0 radical (unpaired) electrons. The lowest BCUT2D eigenvalue weighted by atomic mass is 10.1. The second-order valence-electron chi connectivity index (χ2n) is 7.67. The van der Waals surface area contributed by atoms with E-state index >= 15 is 0 Å². The Morgan fingerprint density at radius 2 is 1.96 bits per heavy atom. The summed E-state index contributed by atoms with van der Waals surface area (Å²) in [6, 6.07) is 3.86. The molecule has 136 valence electrons. The molecule has 2 aliphatic rings. The molecule has 1 saturated heterocycles. The van der Waals surface area contributed by atoms with Crippen LogP contribution in [0.5, 0.6) is 0 Å². The third kappa shape index (κ3) is 3.41. The summed E-state index contributed by atoms with van der Waals surface area (Å²) in [5.41, 5.74) is 0.895. The van der Waals surface area contributed by atoms with Gasteiger partial charge >= 0.3 is 12.1 Å². The van der Waals surface area contributed by atoms with E-state index in [1.165, 1.54) is 7.11 Å². The summed E-state index contributed by atoms with van der Waals surface area (Å²) in [6.45, 7) is 8.82. The van der Waals surface area contributed by atoms with Crippen molar-refractivity contribution in [3.05, 3.63) is 23.4 Å². The summed E-state index contributed by atoms with van der Waals surface area (Å²) in [5, 5.41) is 0. The van der Waals surface area contributed by atoms with Crippen molar-refractivity contribution in [3.63, 3.8) is 0 Å². The van der Waals surface area contributed by atoms with Gasteiger partial charge < -0.3 is 19.3 Å². The molecule has 1 fully saturated rings. The molecule has 7 nitrogen and oxygen atoms in total. The molecule has 0 aliphatic carbocycles. The average molecular weight is 347 g/mol. The van der Waals surface area contributed by atoms with Gasteiger partial charge in [0.05, 0.1) is 13.2 Å². The number of piperazine rings is 1. The number of aromatic nitrogens is 1. The minimum absolute atomic E-state index is 0.0907. The quantitative estimate of drug-likeness (QED) is 0.726. The van der Waals surface area contributed by atoms with E-state index in [1.807, 2.05) is 26.8 Å². The zero-order valence-electron chi connectivity index (χ0n) is 15.4. The van der Waals surface area contributed by atoms with Crippen LogP contribution in [-0.4, -0.2) is 59.8 Å². The Balaban J connectivity index is 1.80. The van der Waals surface area contributed by atoms with E-state index in [4.69, 9.17) is 9.47 Å². The number of methoxy groups -OCH3 is 1. The molecule has 0 N–H and O–H groups in total. The molecule has 7 heteroatoms. The van der Waals surface area contributed by atoms with E-state index in [0.29, 0.717) is 18.8 Å². The fraction of sp³-hybridized carbons (Fsp3) is 0.611. The number of fused-ring (bicyclic) bond motifs is 3. The van der Waals surface area contributed by atoms with Gasteiger partial charge in [-0.1, -0.05) is 6.07 Å². The van der Waals surface area contributed by atoms with Gasteiger partial charge in [-0.2, -0.15) is 0 Å². The Labute approximate surface area is 147 Å². The number of hydrogen-bond acceptors (Lipinski definition) is 6. The van der Waals surface area contributed by atoms with Crippen molar-refractivity contribution in [1.82, 2.24) is 9.88 Å². The third-order valence-electron chi connectivity index (χ3n) is 4.49. The largest absolute Gasteiger partial charge is 0.464 e. The molecule has 3 rings (SSSR count). The molecule has 0 spiro atoms. The van der Waals surface area contributed by atoms with Crippen LogP contribution >= 0.6 is 0 Å². The lowest BCUT2D eigenvalue weighted by Crippen LogP contribution is -2.58. The highest BCUT2D eigenvalue weighted by atomic mass is 16.6. The lowest BCUT2D eigenvalue weighted by Gasteiger charge is -2.43. The molecule has 0 bridgehead atoms. The number of anilines is 1. The van der Waals surface area contributed by atoms with Crippen molar-refractivity contribution in [2.24, 2.45) is 0 Å². The van der Waals surface area contributed by atoms with Crippen LogP contribution in [0.25, 0.3) is 0 Å². The van der Waals surface area contributed by atoms with Gasteiger partial charge in [-0.05, 0) is 45.7 Å². The number of carbonyl (C=O) groups excluding carboxylic acids is 2. The number of esters is 1. The van der Waals surface area contributed by atoms with Crippen LogP contribution in [0.3, 0.4) is 0 Å². The van der Waals surface area contributed by atoms with Crippen LogP contribution in [0, 0.1) is 0 Å². The number of rotatable bonds is 1. The van der Waals surface area contributed by atoms with E-state index in [-0.39, 0.29) is 18.2 Å². The minimum atomic E-state index is -0.507. The van der Waals surface area contributed by atoms with Gasteiger partial charge in [0.15, 0.2) is 5.69 Å². The SMILES string of the molecule is COC(=O)c1ccc2c(n1)N1[C@H](C2)CN(C(=O)OC(C)(C)C)C[C@H]1C. The maximum Gasteiger partial charge on any atom is 0.410 e. The van der Waals surface area contributed by atoms with Crippen LogP contribution in [0.15, 0.2) is 12.1 Å². The average Bonchev–Trinajstić information content (AvgIpc) is 2.90. The van der Waals surface area contributed by atoms with Crippen molar-refractivity contribution in [2.45, 2.75) is 51.8 Å². The van der Waals surface area contributed by atoms with Crippen molar-refractivity contribution in [3.8, 4) is 0 Å². The van der Waals surface area contributed by atoms with Gasteiger partial charge in [-0.3, -0.25) is 0 Å². The van der Waals surface area contributed by atoms with Crippen LogP contribution in [0.4, 0.5) is 10.6 Å². The summed E-state index contributed by atoms with van der Waals surface area (Å²) < 4.78 is 10.3. The molecule has 0 unspecified atom stereocenters. The highest BCUT2D eigenvalue weighted by Gasteiger charge is 2.41. The van der Waals surface area contributed by atoms with E-state index in [1.54, 1.807) is 11.0 Å². The van der Waals surface area contributed by atoms with Gasteiger partial charge in [0, 0.05) is 19.1 Å². The topological polar surface area (TPSA) is 72.0 Å². The molecule has 2 aliphatic heterocycles. The Bertz CT molecular complexity index is 698. The van der Waals surface area contributed by atoms with Gasteiger partial charge in [-0.15, -0.1) is 0 Å². The standard InChI is InChI=1S/C18H25N3O4/c1-11-9-20(17(23)25-18(2,3)4)10-13-8-12-6-7-14(16(22)24-5)19-15(12)21(11)13/h6-7,11,13H,8-10H2,1-5H3/t11-,13-/m1/s1. The molecule has 0 aromatic carbocycles. The molecule has 1 amide bonds. The number of ether oxygens (including phenoxy) is 2. The molecular formula is C18H25N3O4. The Morgan fingerprint density at radius 3 is 2.60 bits per heavy atom. The highest BCUT2D eigenvalue weighted by molar-refractivity contribution is 5.88. The third-order valence-corrected chi connectivity index (χ3v) is 4.49.